The number of hydrogen-bond donors (Lipinski definition) is 4. The number of pyridine rings is 1. The van der Waals surface area contributed by atoms with Crippen LogP contribution in [0.25, 0.3) is 23.2 Å². The van der Waals surface area contributed by atoms with E-state index < -0.39 is 0 Å². The summed E-state index contributed by atoms with van der Waals surface area (Å²) in [6, 6.07) is 15.2. The zero-order valence-corrected chi connectivity index (χ0v) is 21.9. The number of aromatic nitrogens is 3. The first-order valence-electron chi connectivity index (χ1n) is 13.4. The molecule has 0 aliphatic heterocycles. The maximum atomic E-state index is 5.09. The van der Waals surface area contributed by atoms with Crippen LogP contribution in [0.1, 0.15) is 43.4 Å². The largest absolute Gasteiger partial charge is 0.364 e. The van der Waals surface area contributed by atoms with Crippen molar-refractivity contribution in [2.24, 2.45) is 0 Å². The summed E-state index contributed by atoms with van der Waals surface area (Å²) in [5.74, 6) is 1.59. The predicted molar refractivity (Wildman–Crippen MR) is 150 cm³/mol. The van der Waals surface area contributed by atoms with Crippen LogP contribution in [0.5, 0.6) is 0 Å². The lowest BCUT2D eigenvalue weighted by molar-refractivity contribution is 0.328. The van der Waals surface area contributed by atoms with Crippen LogP contribution in [0.4, 0.5) is 5.82 Å². The van der Waals surface area contributed by atoms with E-state index in [1.807, 2.05) is 31.4 Å². The quantitative estimate of drug-likeness (QED) is 0.283. The molecule has 2 aliphatic carbocycles. The van der Waals surface area contributed by atoms with E-state index in [0.29, 0.717) is 12.6 Å². The van der Waals surface area contributed by atoms with E-state index in [1.165, 1.54) is 18.4 Å². The lowest BCUT2D eigenvalue weighted by Crippen LogP contribution is -2.42. The van der Waals surface area contributed by atoms with Gasteiger partial charge in [0, 0.05) is 43.1 Å². The van der Waals surface area contributed by atoms with Crippen LogP contribution in [0.3, 0.4) is 0 Å². The van der Waals surface area contributed by atoms with Crippen LogP contribution in [-0.2, 0) is 13.1 Å². The van der Waals surface area contributed by atoms with E-state index in [9.17, 15) is 0 Å². The predicted octanol–water partition coefficient (Wildman–Crippen LogP) is 2.13. The van der Waals surface area contributed by atoms with Gasteiger partial charge >= 0.3 is 0 Å². The molecule has 1 fully saturated rings. The SMILES string of the molecule is CNCCN(C)Cc1cccc(-c2nc(NCc3ccccn3)c3c(n2)=CCCCC=3NNC2CC2)c1. The minimum Gasteiger partial charge on any atom is -0.364 e. The normalized spacial score (nSPS) is 15.2. The standard InChI is InChI=1S/C29H38N8/c1-30-16-17-37(2)20-21-8-7-9-22(18-21)28-33-25-11-3-4-12-26(36-35-23-13-14-23)27(25)29(34-28)32-19-24-10-5-6-15-31-24/h5-11,15,18,23,30,35-36H,3-4,12-14,16-17,19-20H2,1-2H3,(H,32,33,34). The second-order valence-electron chi connectivity index (χ2n) is 9.99. The third kappa shape index (κ3) is 6.91. The Labute approximate surface area is 219 Å². The van der Waals surface area contributed by atoms with Gasteiger partial charge in [-0.1, -0.05) is 30.3 Å². The van der Waals surface area contributed by atoms with Gasteiger partial charge in [-0.25, -0.2) is 15.4 Å². The Balaban J connectivity index is 1.52. The number of likely N-dealkylation sites (N-methyl/N-ethyl adjacent to an activating group) is 2. The van der Waals surface area contributed by atoms with Crippen molar-refractivity contribution in [3.05, 3.63) is 70.5 Å². The van der Waals surface area contributed by atoms with Gasteiger partial charge < -0.3 is 21.0 Å². The molecule has 8 nitrogen and oxygen atoms in total. The Bertz CT molecular complexity index is 1300. The van der Waals surface area contributed by atoms with Crippen LogP contribution in [-0.4, -0.2) is 53.1 Å². The van der Waals surface area contributed by atoms with Crippen LogP contribution >= 0.6 is 0 Å². The summed E-state index contributed by atoms with van der Waals surface area (Å²) in [6.45, 7) is 3.44. The average Bonchev–Trinajstić information content (AvgIpc) is 3.77. The molecule has 2 heterocycles. The van der Waals surface area contributed by atoms with Crippen molar-refractivity contribution in [2.75, 3.05) is 32.5 Å². The topological polar surface area (TPSA) is 90.0 Å². The summed E-state index contributed by atoms with van der Waals surface area (Å²) < 4.78 is 0. The fourth-order valence-corrected chi connectivity index (χ4v) is 4.54. The highest BCUT2D eigenvalue weighted by Crippen LogP contribution is 2.20. The minimum absolute atomic E-state index is 0.558. The Morgan fingerprint density at radius 1 is 1.08 bits per heavy atom. The average molecular weight is 499 g/mol. The van der Waals surface area contributed by atoms with Gasteiger partial charge in [0.25, 0.3) is 0 Å². The first-order chi connectivity index (χ1) is 18.2. The van der Waals surface area contributed by atoms with E-state index in [0.717, 1.165) is 78.1 Å². The zero-order valence-electron chi connectivity index (χ0n) is 21.9. The van der Waals surface area contributed by atoms with Crippen molar-refractivity contribution in [2.45, 2.75) is 51.2 Å². The van der Waals surface area contributed by atoms with Crippen molar-refractivity contribution in [1.29, 1.82) is 0 Å². The molecule has 0 bridgehead atoms. The number of fused-ring (bicyclic) bond motifs is 1. The summed E-state index contributed by atoms with van der Waals surface area (Å²) in [6.07, 6.45) is 9.56. The van der Waals surface area contributed by atoms with Gasteiger partial charge in [0.1, 0.15) is 5.82 Å². The molecular formula is C29H38N8. The van der Waals surface area contributed by atoms with Crippen LogP contribution in [0.15, 0.2) is 48.7 Å². The van der Waals surface area contributed by atoms with E-state index >= 15 is 0 Å². The molecular weight excluding hydrogens is 460 g/mol. The third-order valence-corrected chi connectivity index (χ3v) is 6.76. The molecule has 0 saturated heterocycles. The smallest absolute Gasteiger partial charge is 0.162 e. The molecule has 8 heteroatoms. The fraction of sp³-hybridized carbons (Fsp3) is 0.414. The summed E-state index contributed by atoms with van der Waals surface area (Å²) in [5.41, 5.74) is 11.4. The van der Waals surface area contributed by atoms with Gasteiger partial charge in [0.15, 0.2) is 5.82 Å². The first kappa shape index (κ1) is 25.3. The second kappa shape index (κ2) is 12.3. The molecule has 0 unspecified atom stereocenters. The lowest BCUT2D eigenvalue weighted by Gasteiger charge is -2.17. The third-order valence-electron chi connectivity index (χ3n) is 6.76. The molecule has 0 atom stereocenters. The maximum absolute atomic E-state index is 5.09. The van der Waals surface area contributed by atoms with Crippen LogP contribution in [0.2, 0.25) is 0 Å². The van der Waals surface area contributed by atoms with Crippen LogP contribution < -0.4 is 32.1 Å². The monoisotopic (exact) mass is 498 g/mol. The summed E-state index contributed by atoms with van der Waals surface area (Å²) >= 11 is 0. The van der Waals surface area contributed by atoms with Crippen molar-refractivity contribution >= 4 is 17.6 Å². The Morgan fingerprint density at radius 3 is 2.81 bits per heavy atom. The molecule has 5 rings (SSSR count). The van der Waals surface area contributed by atoms with Crippen LogP contribution in [0, 0.1) is 0 Å². The Kier molecular flexibility index (Phi) is 8.40. The highest BCUT2D eigenvalue weighted by molar-refractivity contribution is 5.61. The number of anilines is 1. The number of hydrogen-bond acceptors (Lipinski definition) is 8. The minimum atomic E-state index is 0.558. The number of rotatable bonds is 12. The molecule has 0 radical (unpaired) electrons. The highest BCUT2D eigenvalue weighted by atomic mass is 15.4. The van der Waals surface area contributed by atoms with Gasteiger partial charge in [0.05, 0.1) is 22.8 Å². The molecule has 37 heavy (non-hydrogen) atoms. The number of benzene rings is 1. The van der Waals surface area contributed by atoms with Crippen molar-refractivity contribution in [1.82, 2.24) is 36.0 Å². The molecule has 0 spiro atoms. The Hall–Kier alpha value is -3.33. The van der Waals surface area contributed by atoms with Gasteiger partial charge in [-0.3, -0.25) is 4.98 Å². The highest BCUT2D eigenvalue weighted by Gasteiger charge is 2.21. The maximum Gasteiger partial charge on any atom is 0.162 e. The van der Waals surface area contributed by atoms with Gasteiger partial charge in [-0.15, -0.1) is 0 Å². The van der Waals surface area contributed by atoms with E-state index in [2.05, 4.69) is 68.8 Å². The number of nitrogens with one attached hydrogen (secondary N) is 4. The second-order valence-corrected chi connectivity index (χ2v) is 9.99. The summed E-state index contributed by atoms with van der Waals surface area (Å²) in [7, 11) is 4.14. The zero-order chi connectivity index (χ0) is 25.5. The fourth-order valence-electron chi connectivity index (χ4n) is 4.54. The molecule has 3 aromatic rings. The van der Waals surface area contributed by atoms with E-state index in [4.69, 9.17) is 9.97 Å². The first-order valence-corrected chi connectivity index (χ1v) is 13.4. The molecule has 2 aromatic heterocycles. The van der Waals surface area contributed by atoms with Crippen molar-refractivity contribution in [3.8, 4) is 11.4 Å². The van der Waals surface area contributed by atoms with E-state index in [1.54, 1.807) is 0 Å². The molecule has 4 N–H and O–H groups in total. The summed E-state index contributed by atoms with van der Waals surface area (Å²) in [4.78, 5) is 17.0. The number of nitrogens with zero attached hydrogens (tertiary/aromatic N) is 4. The van der Waals surface area contributed by atoms with Crippen molar-refractivity contribution < 1.29 is 0 Å². The molecule has 1 saturated carbocycles. The Morgan fingerprint density at radius 2 is 2.00 bits per heavy atom. The van der Waals surface area contributed by atoms with Gasteiger partial charge in [-0.2, -0.15) is 0 Å². The van der Waals surface area contributed by atoms with E-state index in [-0.39, 0.29) is 0 Å². The molecule has 2 aliphatic rings. The molecule has 194 valence electrons. The lowest BCUT2D eigenvalue weighted by atomic mass is 10.1. The van der Waals surface area contributed by atoms with Gasteiger partial charge in [0.2, 0.25) is 0 Å². The molecule has 0 amide bonds. The van der Waals surface area contributed by atoms with Crippen molar-refractivity contribution in [3.63, 3.8) is 0 Å². The number of hydrazine groups is 1. The molecule has 1 aromatic carbocycles. The summed E-state index contributed by atoms with van der Waals surface area (Å²) in [5, 5.41) is 8.86. The van der Waals surface area contributed by atoms with Gasteiger partial charge in [-0.05, 0) is 70.0 Å².